The molecule has 2 aliphatic heterocycles. The quantitative estimate of drug-likeness (QED) is 0.593. The highest BCUT2D eigenvalue weighted by molar-refractivity contribution is 6.06. The molecule has 0 atom stereocenters. The lowest BCUT2D eigenvalue weighted by Gasteiger charge is -2.36. The van der Waals surface area contributed by atoms with Gasteiger partial charge in [-0.3, -0.25) is 9.69 Å². The normalized spacial score (nSPS) is 25.2. The Labute approximate surface area is 94.2 Å². The molecule has 3 amide bonds. The summed E-state index contributed by atoms with van der Waals surface area (Å²) >= 11 is 0. The van der Waals surface area contributed by atoms with Crippen molar-refractivity contribution in [2.24, 2.45) is 0 Å². The molecule has 1 spiro atoms. The fourth-order valence-corrected chi connectivity index (χ4v) is 2.39. The predicted octanol–water partition coefficient (Wildman–Crippen LogP) is -1.01. The van der Waals surface area contributed by atoms with Gasteiger partial charge in [0.05, 0.1) is 6.61 Å². The van der Waals surface area contributed by atoms with E-state index < -0.39 is 5.54 Å². The zero-order chi connectivity index (χ0) is 11.8. The molecule has 2 N–H and O–H groups in total. The van der Waals surface area contributed by atoms with Gasteiger partial charge in [-0.05, 0) is 12.8 Å². The zero-order valence-corrected chi connectivity index (χ0v) is 9.40. The fraction of sp³-hybridized carbons (Fsp3) is 0.800. The zero-order valence-electron chi connectivity index (χ0n) is 9.40. The maximum Gasteiger partial charge on any atom is 0.324 e. The molecule has 0 saturated carbocycles. The molecule has 0 aromatic rings. The summed E-state index contributed by atoms with van der Waals surface area (Å²) < 4.78 is 0. The number of hydrogen-bond acceptors (Lipinski definition) is 4. The Morgan fingerprint density at radius 2 is 2.00 bits per heavy atom. The second-order valence-electron chi connectivity index (χ2n) is 4.44. The largest absolute Gasteiger partial charge is 0.395 e. The average molecular weight is 227 g/mol. The molecule has 16 heavy (non-hydrogen) atoms. The summed E-state index contributed by atoms with van der Waals surface area (Å²) in [4.78, 5) is 26.6. The molecule has 0 bridgehead atoms. The van der Waals surface area contributed by atoms with Gasteiger partial charge in [-0.2, -0.15) is 0 Å². The Hall–Kier alpha value is -1.14. The van der Waals surface area contributed by atoms with Crippen LogP contribution in [0.25, 0.3) is 0 Å². The minimum absolute atomic E-state index is 0.124. The Kier molecular flexibility index (Phi) is 2.86. The van der Waals surface area contributed by atoms with E-state index in [0.717, 1.165) is 18.0 Å². The second-order valence-corrected chi connectivity index (χ2v) is 4.44. The number of likely N-dealkylation sites (N-methyl/N-ethyl adjacent to an activating group) is 1. The highest BCUT2D eigenvalue weighted by atomic mass is 16.3. The lowest BCUT2D eigenvalue weighted by atomic mass is 9.87. The van der Waals surface area contributed by atoms with Crippen molar-refractivity contribution in [1.29, 1.82) is 0 Å². The first kappa shape index (κ1) is 11.3. The molecule has 0 aliphatic carbocycles. The van der Waals surface area contributed by atoms with E-state index in [4.69, 9.17) is 5.11 Å². The van der Waals surface area contributed by atoms with Gasteiger partial charge in [-0.25, -0.2) is 4.79 Å². The Morgan fingerprint density at radius 1 is 1.38 bits per heavy atom. The average Bonchev–Trinajstić information content (AvgIpc) is 2.48. The molecule has 2 saturated heterocycles. The molecule has 0 unspecified atom stereocenters. The first-order valence-corrected chi connectivity index (χ1v) is 5.52. The summed E-state index contributed by atoms with van der Waals surface area (Å²) in [7, 11) is 1.51. The number of β-amino-alcohol motifs (C(OH)–C–C–N with tert-alkyl or cyclic N) is 1. The number of nitrogens with zero attached hydrogens (tertiary/aromatic N) is 2. The van der Waals surface area contributed by atoms with Crippen LogP contribution in [0.4, 0.5) is 4.79 Å². The van der Waals surface area contributed by atoms with Crippen LogP contribution in [0.15, 0.2) is 0 Å². The molecule has 2 fully saturated rings. The Bertz CT molecular complexity index is 310. The number of piperidine rings is 1. The monoisotopic (exact) mass is 227 g/mol. The van der Waals surface area contributed by atoms with E-state index in [-0.39, 0.29) is 18.5 Å². The van der Waals surface area contributed by atoms with Crippen molar-refractivity contribution in [3.63, 3.8) is 0 Å². The van der Waals surface area contributed by atoms with Crippen LogP contribution in [0.1, 0.15) is 12.8 Å². The van der Waals surface area contributed by atoms with E-state index in [1.807, 2.05) is 0 Å². The number of urea groups is 1. The number of amides is 3. The number of carbonyl (C=O) groups excluding carboxylic acids is 2. The number of rotatable bonds is 2. The Morgan fingerprint density at radius 3 is 2.44 bits per heavy atom. The summed E-state index contributed by atoms with van der Waals surface area (Å²) in [6, 6.07) is -0.305. The van der Waals surface area contributed by atoms with Gasteiger partial charge < -0.3 is 15.3 Å². The maximum absolute atomic E-state index is 11.9. The second kappa shape index (κ2) is 4.03. The first-order valence-electron chi connectivity index (χ1n) is 5.52. The number of nitrogens with one attached hydrogen (secondary N) is 1. The number of hydrogen-bond donors (Lipinski definition) is 2. The summed E-state index contributed by atoms with van der Waals surface area (Å²) in [6.07, 6.45) is 1.25. The SMILES string of the molecule is CN1C(=O)NC2(CCN(CCO)CC2)C1=O. The van der Waals surface area contributed by atoms with Crippen molar-refractivity contribution in [3.05, 3.63) is 0 Å². The van der Waals surface area contributed by atoms with Crippen LogP contribution in [0.3, 0.4) is 0 Å². The molecule has 0 aromatic heterocycles. The van der Waals surface area contributed by atoms with Gasteiger partial charge in [0.2, 0.25) is 0 Å². The number of carbonyl (C=O) groups is 2. The number of aliphatic hydroxyl groups is 1. The molecule has 0 radical (unpaired) electrons. The molecular weight excluding hydrogens is 210 g/mol. The molecule has 2 heterocycles. The third-order valence-corrected chi connectivity index (χ3v) is 3.49. The van der Waals surface area contributed by atoms with Crippen molar-refractivity contribution in [2.75, 3.05) is 33.3 Å². The number of imide groups is 1. The topological polar surface area (TPSA) is 72.9 Å². The molecular formula is C10H17N3O3. The van der Waals surface area contributed by atoms with Crippen LogP contribution in [0.5, 0.6) is 0 Å². The Balaban J connectivity index is 2.02. The van der Waals surface area contributed by atoms with Gasteiger partial charge in [-0.15, -0.1) is 0 Å². The standard InChI is InChI=1S/C10H17N3O3/c1-12-8(15)10(11-9(12)16)2-4-13(5-3-10)6-7-14/h14H,2-7H2,1H3,(H,11,16). The van der Waals surface area contributed by atoms with Gasteiger partial charge >= 0.3 is 6.03 Å². The minimum Gasteiger partial charge on any atom is -0.395 e. The van der Waals surface area contributed by atoms with Crippen LogP contribution < -0.4 is 5.32 Å². The van der Waals surface area contributed by atoms with Crippen LogP contribution in [-0.4, -0.2) is 65.7 Å². The fourth-order valence-electron chi connectivity index (χ4n) is 2.39. The van der Waals surface area contributed by atoms with E-state index in [1.165, 1.54) is 7.05 Å². The van der Waals surface area contributed by atoms with Crippen LogP contribution in [-0.2, 0) is 4.79 Å². The van der Waals surface area contributed by atoms with E-state index in [1.54, 1.807) is 0 Å². The lowest BCUT2D eigenvalue weighted by molar-refractivity contribution is -0.132. The minimum atomic E-state index is -0.683. The van der Waals surface area contributed by atoms with Gasteiger partial charge in [0.25, 0.3) is 5.91 Å². The highest BCUT2D eigenvalue weighted by Gasteiger charge is 2.50. The number of likely N-dealkylation sites (tertiary alicyclic amines) is 1. The lowest BCUT2D eigenvalue weighted by Crippen LogP contribution is -2.55. The van der Waals surface area contributed by atoms with Crippen molar-refractivity contribution in [3.8, 4) is 0 Å². The van der Waals surface area contributed by atoms with Crippen molar-refractivity contribution >= 4 is 11.9 Å². The van der Waals surface area contributed by atoms with E-state index >= 15 is 0 Å². The summed E-state index contributed by atoms with van der Waals surface area (Å²) in [5.41, 5.74) is -0.683. The summed E-state index contributed by atoms with van der Waals surface area (Å²) in [5.74, 6) is -0.124. The highest BCUT2D eigenvalue weighted by Crippen LogP contribution is 2.28. The number of aliphatic hydroxyl groups excluding tert-OH is 1. The van der Waals surface area contributed by atoms with E-state index in [2.05, 4.69) is 10.2 Å². The van der Waals surface area contributed by atoms with E-state index in [9.17, 15) is 9.59 Å². The summed E-state index contributed by atoms with van der Waals surface area (Å²) in [5, 5.41) is 11.6. The van der Waals surface area contributed by atoms with Gasteiger partial charge in [0.15, 0.2) is 0 Å². The molecule has 2 rings (SSSR count). The maximum atomic E-state index is 11.9. The third kappa shape index (κ3) is 1.68. The van der Waals surface area contributed by atoms with Crippen molar-refractivity contribution in [2.45, 2.75) is 18.4 Å². The third-order valence-electron chi connectivity index (χ3n) is 3.49. The molecule has 0 aromatic carbocycles. The molecule has 2 aliphatic rings. The van der Waals surface area contributed by atoms with E-state index in [0.29, 0.717) is 19.4 Å². The van der Waals surface area contributed by atoms with Crippen LogP contribution in [0, 0.1) is 0 Å². The predicted molar refractivity (Wildman–Crippen MR) is 56.8 cm³/mol. The van der Waals surface area contributed by atoms with Crippen molar-refractivity contribution in [1.82, 2.24) is 15.1 Å². The first-order chi connectivity index (χ1) is 7.59. The smallest absolute Gasteiger partial charge is 0.324 e. The van der Waals surface area contributed by atoms with Gasteiger partial charge in [0.1, 0.15) is 5.54 Å². The van der Waals surface area contributed by atoms with Gasteiger partial charge in [0, 0.05) is 26.7 Å². The van der Waals surface area contributed by atoms with Crippen LogP contribution >= 0.6 is 0 Å². The van der Waals surface area contributed by atoms with Crippen molar-refractivity contribution < 1.29 is 14.7 Å². The molecule has 6 nitrogen and oxygen atoms in total. The van der Waals surface area contributed by atoms with Crippen LogP contribution in [0.2, 0.25) is 0 Å². The molecule has 6 heteroatoms. The van der Waals surface area contributed by atoms with Gasteiger partial charge in [-0.1, -0.05) is 0 Å². The molecule has 90 valence electrons. The summed E-state index contributed by atoms with van der Waals surface area (Å²) in [6.45, 7) is 2.24.